The Hall–Kier alpha value is -2.65. The van der Waals surface area contributed by atoms with Crippen LogP contribution >= 0.6 is 11.6 Å². The molecule has 0 unspecified atom stereocenters. The molecule has 0 saturated carbocycles. The zero-order valence-corrected chi connectivity index (χ0v) is 13.5. The third-order valence-electron chi connectivity index (χ3n) is 3.12. The van der Waals surface area contributed by atoms with E-state index in [1.807, 2.05) is 6.07 Å². The molecule has 0 radical (unpaired) electrons. The summed E-state index contributed by atoms with van der Waals surface area (Å²) in [6, 6.07) is 9.60. The third kappa shape index (κ3) is 4.93. The molecule has 0 aliphatic carbocycles. The first kappa shape index (κ1) is 17.7. The normalized spacial score (nSPS) is 10.0. The van der Waals surface area contributed by atoms with Crippen LogP contribution in [-0.2, 0) is 11.2 Å². The van der Waals surface area contributed by atoms with Gasteiger partial charge in [-0.2, -0.15) is 5.26 Å². The van der Waals surface area contributed by atoms with Gasteiger partial charge in [0.15, 0.2) is 11.6 Å². The lowest BCUT2D eigenvalue weighted by atomic mass is 10.1. The standard InChI is InChI=1S/C17H15ClFN3O2/c18-13-5-3-6-14(19)12(13)11-16(23)22-17-15(7-4-9-21-17)24-10-2-1-8-20/h3-7,9H,1-2,10-11H2,(H,21,22,23). The summed E-state index contributed by atoms with van der Waals surface area (Å²) in [5.41, 5.74) is 0.129. The summed E-state index contributed by atoms with van der Waals surface area (Å²) in [5, 5.41) is 11.3. The molecule has 124 valence electrons. The van der Waals surface area contributed by atoms with Gasteiger partial charge in [0, 0.05) is 23.2 Å². The maximum atomic E-state index is 13.7. The number of carbonyl (C=O) groups excluding carboxylic acids is 1. The fourth-order valence-electron chi connectivity index (χ4n) is 1.97. The van der Waals surface area contributed by atoms with Gasteiger partial charge in [-0.25, -0.2) is 9.37 Å². The van der Waals surface area contributed by atoms with Gasteiger partial charge in [0.05, 0.1) is 19.1 Å². The smallest absolute Gasteiger partial charge is 0.230 e. The maximum Gasteiger partial charge on any atom is 0.230 e. The average molecular weight is 348 g/mol. The molecule has 2 rings (SSSR count). The number of hydrogen-bond donors (Lipinski definition) is 1. The first-order chi connectivity index (χ1) is 11.6. The van der Waals surface area contributed by atoms with E-state index in [4.69, 9.17) is 21.6 Å². The van der Waals surface area contributed by atoms with Gasteiger partial charge in [-0.1, -0.05) is 17.7 Å². The van der Waals surface area contributed by atoms with Crippen molar-refractivity contribution in [1.29, 1.82) is 5.26 Å². The van der Waals surface area contributed by atoms with Crippen molar-refractivity contribution in [3.63, 3.8) is 0 Å². The molecule has 1 aromatic carbocycles. The lowest BCUT2D eigenvalue weighted by Crippen LogP contribution is -2.17. The number of nitrogens with one attached hydrogen (secondary N) is 1. The van der Waals surface area contributed by atoms with Crippen molar-refractivity contribution in [3.8, 4) is 11.8 Å². The Labute approximate surface area is 144 Å². The first-order valence-corrected chi connectivity index (χ1v) is 7.67. The van der Waals surface area contributed by atoms with Crippen LogP contribution in [-0.4, -0.2) is 17.5 Å². The summed E-state index contributed by atoms with van der Waals surface area (Å²) in [6.07, 6.45) is 2.25. The number of rotatable bonds is 7. The minimum absolute atomic E-state index is 0.129. The van der Waals surface area contributed by atoms with Gasteiger partial charge in [0.25, 0.3) is 0 Å². The average Bonchev–Trinajstić information content (AvgIpc) is 2.56. The maximum absolute atomic E-state index is 13.7. The van der Waals surface area contributed by atoms with Gasteiger partial charge in [0.2, 0.25) is 5.91 Å². The number of halogens is 2. The number of pyridine rings is 1. The van der Waals surface area contributed by atoms with E-state index in [0.717, 1.165) is 0 Å². The lowest BCUT2D eigenvalue weighted by Gasteiger charge is -2.11. The van der Waals surface area contributed by atoms with E-state index >= 15 is 0 Å². The molecule has 0 fully saturated rings. The number of aromatic nitrogens is 1. The highest BCUT2D eigenvalue weighted by molar-refractivity contribution is 6.31. The van der Waals surface area contributed by atoms with E-state index in [9.17, 15) is 9.18 Å². The van der Waals surface area contributed by atoms with Gasteiger partial charge in [-0.3, -0.25) is 4.79 Å². The predicted octanol–water partition coefficient (Wildman–Crippen LogP) is 3.74. The number of carbonyl (C=O) groups is 1. The van der Waals surface area contributed by atoms with Gasteiger partial charge < -0.3 is 10.1 Å². The highest BCUT2D eigenvalue weighted by Gasteiger charge is 2.14. The Morgan fingerprint density at radius 1 is 1.38 bits per heavy atom. The second kappa shape index (κ2) is 8.85. The third-order valence-corrected chi connectivity index (χ3v) is 3.47. The van der Waals surface area contributed by atoms with Crippen molar-refractivity contribution < 1.29 is 13.9 Å². The fourth-order valence-corrected chi connectivity index (χ4v) is 2.20. The van der Waals surface area contributed by atoms with Crippen LogP contribution in [0.1, 0.15) is 18.4 Å². The Morgan fingerprint density at radius 2 is 2.21 bits per heavy atom. The first-order valence-electron chi connectivity index (χ1n) is 7.29. The molecule has 0 aliphatic heterocycles. The SMILES string of the molecule is N#CCCCOc1cccnc1NC(=O)Cc1c(F)cccc1Cl. The van der Waals surface area contributed by atoms with E-state index in [1.54, 1.807) is 12.1 Å². The fraction of sp³-hybridized carbons (Fsp3) is 0.235. The van der Waals surface area contributed by atoms with Crippen LogP contribution in [0.4, 0.5) is 10.2 Å². The number of amides is 1. The molecular weight excluding hydrogens is 333 g/mol. The predicted molar refractivity (Wildman–Crippen MR) is 88.3 cm³/mol. The summed E-state index contributed by atoms with van der Waals surface area (Å²) in [5.74, 6) is -0.357. The van der Waals surface area contributed by atoms with Crippen molar-refractivity contribution in [3.05, 3.63) is 52.9 Å². The number of nitriles is 1. The van der Waals surface area contributed by atoms with Crippen LogP contribution in [0.25, 0.3) is 0 Å². The van der Waals surface area contributed by atoms with Gasteiger partial charge in [0.1, 0.15) is 5.82 Å². The molecule has 1 N–H and O–H groups in total. The topological polar surface area (TPSA) is 75.0 Å². The number of ether oxygens (including phenoxy) is 1. The quantitative estimate of drug-likeness (QED) is 0.774. The molecule has 0 aliphatic rings. The number of hydrogen-bond acceptors (Lipinski definition) is 4. The lowest BCUT2D eigenvalue weighted by molar-refractivity contribution is -0.115. The molecule has 2 aromatic rings. The van der Waals surface area contributed by atoms with Crippen molar-refractivity contribution in [2.24, 2.45) is 0 Å². The molecule has 0 spiro atoms. The molecule has 0 saturated heterocycles. The van der Waals surface area contributed by atoms with Crippen molar-refractivity contribution in [2.45, 2.75) is 19.3 Å². The van der Waals surface area contributed by atoms with Crippen LogP contribution in [0.3, 0.4) is 0 Å². The molecule has 7 heteroatoms. The van der Waals surface area contributed by atoms with Gasteiger partial charge in [-0.15, -0.1) is 0 Å². The molecule has 5 nitrogen and oxygen atoms in total. The minimum Gasteiger partial charge on any atom is -0.490 e. The summed E-state index contributed by atoms with van der Waals surface area (Å²) >= 11 is 5.92. The summed E-state index contributed by atoms with van der Waals surface area (Å²) in [7, 11) is 0. The Balaban J connectivity index is 2.03. The number of unbranched alkanes of at least 4 members (excludes halogenated alkanes) is 1. The Morgan fingerprint density at radius 3 is 2.96 bits per heavy atom. The number of nitrogens with zero attached hydrogens (tertiary/aromatic N) is 2. The minimum atomic E-state index is -0.536. The van der Waals surface area contributed by atoms with E-state index in [1.165, 1.54) is 24.4 Å². The summed E-state index contributed by atoms with van der Waals surface area (Å²) in [4.78, 5) is 16.2. The molecule has 0 atom stereocenters. The van der Waals surface area contributed by atoms with Crippen molar-refractivity contribution in [1.82, 2.24) is 4.98 Å². The second-order valence-electron chi connectivity index (χ2n) is 4.89. The van der Waals surface area contributed by atoms with Gasteiger partial charge in [-0.05, 0) is 30.7 Å². The van der Waals surface area contributed by atoms with Crippen LogP contribution < -0.4 is 10.1 Å². The zero-order valence-electron chi connectivity index (χ0n) is 12.8. The molecular formula is C17H15ClFN3O2. The van der Waals surface area contributed by atoms with Crippen molar-refractivity contribution >= 4 is 23.3 Å². The van der Waals surface area contributed by atoms with Crippen LogP contribution in [0.5, 0.6) is 5.75 Å². The highest BCUT2D eigenvalue weighted by atomic mass is 35.5. The number of benzene rings is 1. The van der Waals surface area contributed by atoms with E-state index in [-0.39, 0.29) is 22.8 Å². The summed E-state index contributed by atoms with van der Waals surface area (Å²) < 4.78 is 19.2. The van der Waals surface area contributed by atoms with Gasteiger partial charge >= 0.3 is 0 Å². The van der Waals surface area contributed by atoms with E-state index in [2.05, 4.69) is 10.3 Å². The molecule has 1 aromatic heterocycles. The molecule has 1 amide bonds. The Kier molecular flexibility index (Phi) is 6.52. The van der Waals surface area contributed by atoms with Crippen molar-refractivity contribution in [2.75, 3.05) is 11.9 Å². The molecule has 24 heavy (non-hydrogen) atoms. The number of anilines is 1. The monoisotopic (exact) mass is 347 g/mol. The Bertz CT molecular complexity index is 741. The zero-order chi connectivity index (χ0) is 17.4. The van der Waals surface area contributed by atoms with E-state index < -0.39 is 11.7 Å². The van der Waals surface area contributed by atoms with Crippen LogP contribution in [0.2, 0.25) is 5.02 Å². The summed E-state index contributed by atoms with van der Waals surface area (Å²) in [6.45, 7) is 0.335. The molecule has 1 heterocycles. The van der Waals surface area contributed by atoms with Crippen LogP contribution in [0.15, 0.2) is 36.5 Å². The largest absolute Gasteiger partial charge is 0.490 e. The molecule has 0 bridgehead atoms. The van der Waals surface area contributed by atoms with Crippen LogP contribution in [0, 0.1) is 17.1 Å². The van der Waals surface area contributed by atoms with E-state index in [0.29, 0.717) is 25.2 Å². The highest BCUT2D eigenvalue weighted by Crippen LogP contribution is 2.23. The second-order valence-corrected chi connectivity index (χ2v) is 5.29.